The van der Waals surface area contributed by atoms with Crippen molar-refractivity contribution in [2.24, 2.45) is 4.99 Å². The number of nitrogens with zero attached hydrogens (tertiary/aromatic N) is 3. The Morgan fingerprint density at radius 1 is 1.50 bits per heavy atom. The molecule has 1 atom stereocenters. The third-order valence-corrected chi connectivity index (χ3v) is 2.72. The van der Waals surface area contributed by atoms with Gasteiger partial charge in [-0.3, -0.25) is 14.6 Å². The van der Waals surface area contributed by atoms with E-state index in [1.54, 1.807) is 18.5 Å². The molecule has 20 heavy (non-hydrogen) atoms. The van der Waals surface area contributed by atoms with E-state index in [9.17, 15) is 4.79 Å². The molecular formula is C13H18N4O3. The first-order chi connectivity index (χ1) is 9.79. The first kappa shape index (κ1) is 14.4. The monoisotopic (exact) mass is 278 g/mol. The van der Waals surface area contributed by atoms with Crippen LogP contribution in [0.5, 0.6) is 0 Å². The number of nitrogens with one attached hydrogen (secondary N) is 1. The molecule has 7 heteroatoms. The lowest BCUT2D eigenvalue weighted by atomic mass is 10.2. The van der Waals surface area contributed by atoms with Gasteiger partial charge in [-0.1, -0.05) is 13.3 Å². The van der Waals surface area contributed by atoms with Crippen LogP contribution in [-0.2, 0) is 14.4 Å². The molecule has 1 aromatic heterocycles. The number of aliphatic imine (C=N–C) groups is 1. The van der Waals surface area contributed by atoms with Crippen molar-refractivity contribution in [2.75, 3.05) is 13.2 Å². The van der Waals surface area contributed by atoms with Crippen molar-refractivity contribution in [1.29, 1.82) is 0 Å². The van der Waals surface area contributed by atoms with Crippen molar-refractivity contribution in [3.8, 4) is 0 Å². The summed E-state index contributed by atoms with van der Waals surface area (Å²) in [5.74, 6) is 0.765. The second kappa shape index (κ2) is 7.54. The Morgan fingerprint density at radius 2 is 2.30 bits per heavy atom. The molecule has 7 nitrogen and oxygen atoms in total. The highest BCUT2D eigenvalue weighted by Crippen LogP contribution is 2.04. The smallest absolute Gasteiger partial charge is 0.305 e. The zero-order valence-corrected chi connectivity index (χ0v) is 11.4. The maximum atomic E-state index is 11.4. The number of amidine groups is 1. The lowest BCUT2D eigenvalue weighted by Gasteiger charge is -2.21. The number of carbonyl (C=O) groups excluding carboxylic acids is 1. The molecule has 0 spiro atoms. The number of esters is 1. The maximum Gasteiger partial charge on any atom is 0.305 e. The fraction of sp³-hybridized carbons (Fsp3) is 0.538. The van der Waals surface area contributed by atoms with Crippen LogP contribution in [0, 0.1) is 0 Å². The van der Waals surface area contributed by atoms with Crippen LogP contribution >= 0.6 is 0 Å². The van der Waals surface area contributed by atoms with Crippen molar-refractivity contribution < 1.29 is 14.4 Å². The first-order valence-electron chi connectivity index (χ1n) is 6.68. The lowest BCUT2D eigenvalue weighted by Crippen LogP contribution is -2.40. The molecule has 0 radical (unpaired) electrons. The van der Waals surface area contributed by atoms with E-state index in [1.165, 1.54) is 0 Å². The Hall–Kier alpha value is -2.02. The molecule has 1 unspecified atom stereocenters. The highest BCUT2D eigenvalue weighted by Gasteiger charge is 2.19. The molecule has 1 N–H and O–H groups in total. The molecule has 2 heterocycles. The van der Waals surface area contributed by atoms with Crippen molar-refractivity contribution in [1.82, 2.24) is 15.4 Å². The van der Waals surface area contributed by atoms with Gasteiger partial charge in [0.15, 0.2) is 11.7 Å². The average Bonchev–Trinajstić information content (AvgIpc) is 2.52. The number of rotatable bonds is 6. The summed E-state index contributed by atoms with van der Waals surface area (Å²) < 4.78 is 5.12. The minimum Gasteiger partial charge on any atom is -0.463 e. The first-order valence-corrected chi connectivity index (χ1v) is 6.68. The largest absolute Gasteiger partial charge is 0.463 e. The van der Waals surface area contributed by atoms with E-state index in [2.05, 4.69) is 20.4 Å². The zero-order valence-electron chi connectivity index (χ0n) is 11.4. The van der Waals surface area contributed by atoms with E-state index >= 15 is 0 Å². The van der Waals surface area contributed by atoms with E-state index < -0.39 is 0 Å². The van der Waals surface area contributed by atoms with Gasteiger partial charge in [0.2, 0.25) is 0 Å². The van der Waals surface area contributed by atoms with Gasteiger partial charge in [0.1, 0.15) is 12.7 Å². The normalized spacial score (nSPS) is 18.1. The fourth-order valence-corrected chi connectivity index (χ4v) is 1.61. The van der Waals surface area contributed by atoms with E-state index in [4.69, 9.17) is 9.57 Å². The summed E-state index contributed by atoms with van der Waals surface area (Å²) in [6.07, 6.45) is 5.25. The van der Waals surface area contributed by atoms with Crippen LogP contribution in [0.4, 0.5) is 0 Å². The number of hydrogen-bond donors (Lipinski definition) is 1. The molecule has 0 aromatic carbocycles. The fourth-order valence-electron chi connectivity index (χ4n) is 1.61. The van der Waals surface area contributed by atoms with Crippen LogP contribution in [0.25, 0.3) is 0 Å². The zero-order chi connectivity index (χ0) is 14.2. The van der Waals surface area contributed by atoms with Crippen LogP contribution in [0.3, 0.4) is 0 Å². The van der Waals surface area contributed by atoms with E-state index in [1.807, 2.05) is 6.92 Å². The van der Waals surface area contributed by atoms with E-state index in [0.717, 1.165) is 12.8 Å². The molecule has 0 fully saturated rings. The number of ether oxygens (including phenoxy) is 1. The Balaban J connectivity index is 1.76. The average molecular weight is 278 g/mol. The highest BCUT2D eigenvalue weighted by molar-refractivity contribution is 5.94. The molecular weight excluding hydrogens is 260 g/mol. The molecule has 0 amide bonds. The second-order valence-corrected chi connectivity index (χ2v) is 4.39. The van der Waals surface area contributed by atoms with E-state index in [0.29, 0.717) is 24.6 Å². The Kier molecular flexibility index (Phi) is 5.43. The third kappa shape index (κ3) is 4.27. The van der Waals surface area contributed by atoms with Crippen molar-refractivity contribution in [3.05, 3.63) is 24.3 Å². The summed E-state index contributed by atoms with van der Waals surface area (Å²) in [5, 5.41) is 0. The van der Waals surface area contributed by atoms with Gasteiger partial charge < -0.3 is 4.74 Å². The van der Waals surface area contributed by atoms with Gasteiger partial charge in [-0.15, -0.1) is 0 Å². The molecule has 2 rings (SSSR count). The summed E-state index contributed by atoms with van der Waals surface area (Å²) >= 11 is 0. The quantitative estimate of drug-likeness (QED) is 0.777. The summed E-state index contributed by atoms with van der Waals surface area (Å²) in [7, 11) is 0. The minimum atomic E-state index is -0.284. The molecule has 0 bridgehead atoms. The van der Waals surface area contributed by atoms with Crippen LogP contribution in [0.15, 0.2) is 23.5 Å². The second-order valence-electron chi connectivity index (χ2n) is 4.39. The summed E-state index contributed by atoms with van der Waals surface area (Å²) in [5.41, 5.74) is 2.69. The van der Waals surface area contributed by atoms with Gasteiger partial charge >= 0.3 is 5.97 Å². The van der Waals surface area contributed by atoms with E-state index in [-0.39, 0.29) is 18.7 Å². The molecule has 108 valence electrons. The van der Waals surface area contributed by atoms with Crippen LogP contribution in [0.1, 0.15) is 32.0 Å². The third-order valence-electron chi connectivity index (χ3n) is 2.72. The maximum absolute atomic E-state index is 11.4. The summed E-state index contributed by atoms with van der Waals surface area (Å²) in [6.45, 7) is 2.63. The molecule has 0 saturated carbocycles. The lowest BCUT2D eigenvalue weighted by molar-refractivity contribution is -0.149. The van der Waals surface area contributed by atoms with Crippen LogP contribution < -0.4 is 5.48 Å². The molecule has 1 aromatic rings. The number of aromatic nitrogens is 2. The van der Waals surface area contributed by atoms with Gasteiger partial charge in [-0.05, 0) is 12.5 Å². The Morgan fingerprint density at radius 3 is 2.95 bits per heavy atom. The summed E-state index contributed by atoms with van der Waals surface area (Å²) in [4.78, 5) is 29.2. The topological polar surface area (TPSA) is 85.7 Å². The van der Waals surface area contributed by atoms with Crippen molar-refractivity contribution in [3.63, 3.8) is 0 Å². The molecule has 1 aliphatic rings. The predicted molar refractivity (Wildman–Crippen MR) is 71.9 cm³/mol. The van der Waals surface area contributed by atoms with Crippen LogP contribution in [0.2, 0.25) is 0 Å². The number of carbonyl (C=O) groups is 1. The molecule has 0 saturated heterocycles. The summed E-state index contributed by atoms with van der Waals surface area (Å²) in [6, 6.07) is 1.73. The van der Waals surface area contributed by atoms with Crippen LogP contribution in [-0.4, -0.2) is 41.0 Å². The number of hydrogen-bond acceptors (Lipinski definition) is 7. The molecule has 1 aliphatic heterocycles. The van der Waals surface area contributed by atoms with Gasteiger partial charge in [0, 0.05) is 18.8 Å². The Bertz CT molecular complexity index is 464. The van der Waals surface area contributed by atoms with Crippen molar-refractivity contribution >= 4 is 11.8 Å². The minimum absolute atomic E-state index is 0.196. The standard InChI is InChI=1S/C13H18N4O3/c1-2-3-5-11(18)19-9-10-8-16-13(17-20-10)12-14-6-4-7-15-12/h4,6-7,10H,2-3,5,8-9H2,1H3,(H,16,17). The molecule has 0 aliphatic carbocycles. The predicted octanol–water partition coefficient (Wildman–Crippen LogP) is 0.860. The van der Waals surface area contributed by atoms with Gasteiger partial charge in [0.05, 0.1) is 6.54 Å². The van der Waals surface area contributed by atoms with Gasteiger partial charge in [-0.2, -0.15) is 0 Å². The SMILES string of the molecule is CCCCC(=O)OCC1CN=C(c2ncccn2)NO1. The Labute approximate surface area is 117 Å². The van der Waals surface area contributed by atoms with Gasteiger partial charge in [-0.25, -0.2) is 15.4 Å². The highest BCUT2D eigenvalue weighted by atomic mass is 16.7. The number of unbranched alkanes of at least 4 members (excludes halogenated alkanes) is 1. The van der Waals surface area contributed by atoms with Gasteiger partial charge in [0.25, 0.3) is 0 Å². The van der Waals surface area contributed by atoms with Crippen molar-refractivity contribution in [2.45, 2.75) is 32.3 Å². The number of hydroxylamine groups is 1.